The molecule has 4 nitrogen and oxygen atoms in total. The van der Waals surface area contributed by atoms with Crippen molar-refractivity contribution in [2.75, 3.05) is 44.4 Å². The fraction of sp³-hybridized carbons (Fsp3) is 0.600. The van der Waals surface area contributed by atoms with Gasteiger partial charge in [-0.15, -0.1) is 0 Å². The van der Waals surface area contributed by atoms with Crippen LogP contribution in [0.25, 0.3) is 0 Å². The lowest BCUT2D eigenvalue weighted by molar-refractivity contribution is 0.170. The molecule has 2 N–H and O–H groups in total. The average Bonchev–Trinajstić information content (AvgIpc) is 2.77. The summed E-state index contributed by atoms with van der Waals surface area (Å²) in [7, 11) is 0. The predicted octanol–water partition coefficient (Wildman–Crippen LogP) is 1.90. The fourth-order valence-corrected chi connectivity index (χ4v) is 3.74. The zero-order valence-electron chi connectivity index (χ0n) is 11.7. The Labute approximate surface area is 124 Å². The monoisotopic (exact) mass is 294 g/mol. The summed E-state index contributed by atoms with van der Waals surface area (Å²) < 4.78 is 11.3. The highest BCUT2D eigenvalue weighted by molar-refractivity contribution is 7.99. The Morgan fingerprint density at radius 3 is 2.85 bits per heavy atom. The third-order valence-electron chi connectivity index (χ3n) is 3.87. The molecule has 110 valence electrons. The lowest BCUT2D eigenvalue weighted by Crippen LogP contribution is -2.35. The van der Waals surface area contributed by atoms with Crippen LogP contribution in [0.1, 0.15) is 18.0 Å². The van der Waals surface area contributed by atoms with Gasteiger partial charge in [0.15, 0.2) is 11.5 Å². The molecule has 1 fully saturated rings. The second-order valence-corrected chi connectivity index (χ2v) is 6.38. The van der Waals surface area contributed by atoms with Crippen LogP contribution in [0.2, 0.25) is 0 Å². The van der Waals surface area contributed by atoms with Gasteiger partial charge in [-0.3, -0.25) is 4.90 Å². The minimum Gasteiger partial charge on any atom is -0.486 e. The van der Waals surface area contributed by atoms with Crippen LogP contribution in [0, 0.1) is 0 Å². The first-order valence-corrected chi connectivity index (χ1v) is 8.45. The Kier molecular flexibility index (Phi) is 4.70. The Balaban J connectivity index is 1.81. The molecule has 1 aromatic rings. The number of hydrogen-bond acceptors (Lipinski definition) is 5. The second-order valence-electron chi connectivity index (χ2n) is 5.16. The van der Waals surface area contributed by atoms with E-state index in [9.17, 15) is 0 Å². The van der Waals surface area contributed by atoms with Crippen LogP contribution in [-0.4, -0.2) is 49.3 Å². The number of thioether (sulfide) groups is 1. The van der Waals surface area contributed by atoms with Crippen LogP contribution in [0.3, 0.4) is 0 Å². The molecule has 0 saturated carbocycles. The van der Waals surface area contributed by atoms with Crippen LogP contribution in [0.4, 0.5) is 0 Å². The summed E-state index contributed by atoms with van der Waals surface area (Å²) in [5, 5.41) is 0. The van der Waals surface area contributed by atoms with Crippen molar-refractivity contribution in [1.82, 2.24) is 4.90 Å². The first-order chi connectivity index (χ1) is 9.88. The molecule has 0 spiro atoms. The SMILES string of the molecule is NCC(c1ccc2c(c1)OCCO2)N1CCCSCC1. The number of benzene rings is 1. The molecule has 2 heterocycles. The molecular weight excluding hydrogens is 272 g/mol. The summed E-state index contributed by atoms with van der Waals surface area (Å²) in [6.45, 7) is 4.15. The van der Waals surface area contributed by atoms with E-state index < -0.39 is 0 Å². The van der Waals surface area contributed by atoms with Crippen LogP contribution in [0.5, 0.6) is 11.5 Å². The minimum atomic E-state index is 0.282. The van der Waals surface area contributed by atoms with Gasteiger partial charge in [0.05, 0.1) is 0 Å². The molecule has 0 amide bonds. The number of hydrogen-bond donors (Lipinski definition) is 1. The molecule has 2 aliphatic rings. The summed E-state index contributed by atoms with van der Waals surface area (Å²) in [5.41, 5.74) is 7.28. The number of rotatable bonds is 3. The molecule has 1 unspecified atom stereocenters. The molecule has 2 aliphatic heterocycles. The zero-order valence-corrected chi connectivity index (χ0v) is 12.5. The summed E-state index contributed by atoms with van der Waals surface area (Å²) in [6, 6.07) is 6.52. The first kappa shape index (κ1) is 14.0. The fourth-order valence-electron chi connectivity index (χ4n) is 2.84. The van der Waals surface area contributed by atoms with Crippen molar-refractivity contribution in [2.45, 2.75) is 12.5 Å². The maximum Gasteiger partial charge on any atom is 0.161 e. The van der Waals surface area contributed by atoms with Gasteiger partial charge in [0.25, 0.3) is 0 Å². The summed E-state index contributed by atoms with van der Waals surface area (Å²) in [5.74, 6) is 4.16. The van der Waals surface area contributed by atoms with E-state index in [0.29, 0.717) is 19.8 Å². The van der Waals surface area contributed by atoms with E-state index in [-0.39, 0.29) is 6.04 Å². The zero-order chi connectivity index (χ0) is 13.8. The lowest BCUT2D eigenvalue weighted by Gasteiger charge is -2.30. The van der Waals surface area contributed by atoms with Gasteiger partial charge in [-0.1, -0.05) is 6.07 Å². The van der Waals surface area contributed by atoms with E-state index in [4.69, 9.17) is 15.2 Å². The summed E-state index contributed by atoms with van der Waals surface area (Å²) in [4.78, 5) is 2.51. The number of nitrogens with zero attached hydrogens (tertiary/aromatic N) is 1. The number of nitrogens with two attached hydrogens (primary N) is 1. The first-order valence-electron chi connectivity index (χ1n) is 7.30. The van der Waals surface area contributed by atoms with E-state index in [1.54, 1.807) is 0 Å². The van der Waals surface area contributed by atoms with Gasteiger partial charge in [-0.2, -0.15) is 11.8 Å². The minimum absolute atomic E-state index is 0.282. The van der Waals surface area contributed by atoms with Crippen molar-refractivity contribution in [1.29, 1.82) is 0 Å². The van der Waals surface area contributed by atoms with E-state index in [1.165, 1.54) is 23.5 Å². The molecule has 5 heteroatoms. The number of fused-ring (bicyclic) bond motifs is 1. The average molecular weight is 294 g/mol. The van der Waals surface area contributed by atoms with Crippen LogP contribution < -0.4 is 15.2 Å². The van der Waals surface area contributed by atoms with Crippen molar-refractivity contribution >= 4 is 11.8 Å². The van der Waals surface area contributed by atoms with E-state index in [2.05, 4.69) is 17.0 Å². The van der Waals surface area contributed by atoms with Gasteiger partial charge in [-0.25, -0.2) is 0 Å². The molecular formula is C15H22N2O2S. The summed E-state index contributed by atoms with van der Waals surface area (Å²) >= 11 is 2.04. The smallest absolute Gasteiger partial charge is 0.161 e. The van der Waals surface area contributed by atoms with Crippen LogP contribution in [0.15, 0.2) is 18.2 Å². The Morgan fingerprint density at radius 2 is 2.00 bits per heavy atom. The molecule has 20 heavy (non-hydrogen) atoms. The molecule has 3 rings (SSSR count). The molecule has 1 aromatic carbocycles. The van der Waals surface area contributed by atoms with Crippen molar-refractivity contribution in [3.63, 3.8) is 0 Å². The highest BCUT2D eigenvalue weighted by atomic mass is 32.2. The van der Waals surface area contributed by atoms with Crippen molar-refractivity contribution < 1.29 is 9.47 Å². The van der Waals surface area contributed by atoms with E-state index >= 15 is 0 Å². The lowest BCUT2D eigenvalue weighted by atomic mass is 10.0. The second kappa shape index (κ2) is 6.70. The quantitative estimate of drug-likeness (QED) is 0.922. The Bertz CT molecular complexity index is 447. The van der Waals surface area contributed by atoms with Crippen LogP contribution >= 0.6 is 11.8 Å². The normalized spacial score (nSPS) is 21.2. The van der Waals surface area contributed by atoms with E-state index in [0.717, 1.165) is 24.6 Å². The molecule has 0 aromatic heterocycles. The molecule has 0 radical (unpaired) electrons. The highest BCUT2D eigenvalue weighted by Crippen LogP contribution is 2.34. The van der Waals surface area contributed by atoms with Crippen LogP contribution in [-0.2, 0) is 0 Å². The van der Waals surface area contributed by atoms with Crippen molar-refractivity contribution in [2.24, 2.45) is 5.73 Å². The van der Waals surface area contributed by atoms with Gasteiger partial charge in [0, 0.05) is 24.9 Å². The van der Waals surface area contributed by atoms with Gasteiger partial charge >= 0.3 is 0 Å². The summed E-state index contributed by atoms with van der Waals surface area (Å²) in [6.07, 6.45) is 1.24. The van der Waals surface area contributed by atoms with Gasteiger partial charge in [-0.05, 0) is 36.4 Å². The molecule has 0 bridgehead atoms. The maximum absolute atomic E-state index is 6.04. The Hall–Kier alpha value is -0.910. The molecule has 1 saturated heterocycles. The highest BCUT2D eigenvalue weighted by Gasteiger charge is 2.22. The largest absolute Gasteiger partial charge is 0.486 e. The van der Waals surface area contributed by atoms with Gasteiger partial charge in [0.1, 0.15) is 13.2 Å². The van der Waals surface area contributed by atoms with Crippen molar-refractivity contribution in [3.8, 4) is 11.5 Å². The topological polar surface area (TPSA) is 47.7 Å². The van der Waals surface area contributed by atoms with E-state index in [1.807, 2.05) is 17.8 Å². The number of ether oxygens (including phenoxy) is 2. The standard InChI is InChI=1S/C15H22N2O2S/c16-11-13(17-4-1-8-20-9-5-17)12-2-3-14-15(10-12)19-7-6-18-14/h2-3,10,13H,1,4-9,11,16H2. The van der Waals surface area contributed by atoms with Crippen molar-refractivity contribution in [3.05, 3.63) is 23.8 Å². The third-order valence-corrected chi connectivity index (χ3v) is 4.92. The molecule has 1 atom stereocenters. The predicted molar refractivity (Wildman–Crippen MR) is 82.7 cm³/mol. The maximum atomic E-state index is 6.04. The molecule has 0 aliphatic carbocycles. The van der Waals surface area contributed by atoms with Gasteiger partial charge < -0.3 is 15.2 Å². The Morgan fingerprint density at radius 1 is 1.15 bits per heavy atom. The van der Waals surface area contributed by atoms with Gasteiger partial charge in [0.2, 0.25) is 0 Å². The third kappa shape index (κ3) is 3.05.